The Hall–Kier alpha value is -1.02. The van der Waals surface area contributed by atoms with E-state index in [1.165, 1.54) is 0 Å². The van der Waals surface area contributed by atoms with Crippen molar-refractivity contribution in [2.45, 2.75) is 25.5 Å². The first-order chi connectivity index (χ1) is 8.83. The molecule has 0 radical (unpaired) electrons. The molecule has 1 aromatic carbocycles. The second kappa shape index (κ2) is 5.31. The zero-order valence-corrected chi connectivity index (χ0v) is 11.9. The molecule has 2 aromatic rings. The molecule has 18 heavy (non-hydrogen) atoms. The molecule has 1 aromatic heterocycles. The fraction of sp³-hybridized carbons (Fsp3) is 0.417. The number of rotatable bonds is 2. The fourth-order valence-electron chi connectivity index (χ4n) is 2.00. The lowest BCUT2D eigenvalue weighted by Gasteiger charge is -2.20. The Labute approximate surface area is 119 Å². The van der Waals surface area contributed by atoms with Crippen molar-refractivity contribution in [3.8, 4) is 11.4 Å². The van der Waals surface area contributed by atoms with Crippen molar-refractivity contribution in [3.63, 3.8) is 0 Å². The molecule has 0 spiro atoms. The van der Waals surface area contributed by atoms with Gasteiger partial charge in [0.25, 0.3) is 0 Å². The molecule has 0 bridgehead atoms. The molecule has 1 saturated heterocycles. The number of benzene rings is 1. The number of nitrogens with zero attached hydrogens (tertiary/aromatic N) is 4. The molecule has 1 unspecified atom stereocenters. The van der Waals surface area contributed by atoms with Gasteiger partial charge in [-0.2, -0.15) is 0 Å². The predicted molar refractivity (Wildman–Crippen MR) is 74.8 cm³/mol. The van der Waals surface area contributed by atoms with Crippen LogP contribution in [0.3, 0.4) is 0 Å². The standard InChI is InChI=1S/C12H13IN4O/c13-10-5-3-4-9(8-10)12-14-16-17(15-12)11-6-1-2-7-18-11/h3-5,8,11H,1-2,6-7H2. The Morgan fingerprint density at radius 1 is 1.33 bits per heavy atom. The third kappa shape index (κ3) is 2.54. The summed E-state index contributed by atoms with van der Waals surface area (Å²) in [6, 6.07) is 8.07. The summed E-state index contributed by atoms with van der Waals surface area (Å²) in [6.07, 6.45) is 3.18. The van der Waals surface area contributed by atoms with E-state index in [4.69, 9.17) is 4.74 Å². The summed E-state index contributed by atoms with van der Waals surface area (Å²) in [6.45, 7) is 0.783. The molecule has 1 fully saturated rings. The molecule has 2 heterocycles. The maximum Gasteiger partial charge on any atom is 0.205 e. The minimum Gasteiger partial charge on any atom is -0.355 e. The van der Waals surface area contributed by atoms with Crippen molar-refractivity contribution < 1.29 is 4.74 Å². The van der Waals surface area contributed by atoms with Gasteiger partial charge in [0, 0.05) is 15.7 Å². The van der Waals surface area contributed by atoms with Gasteiger partial charge in [0.15, 0.2) is 6.23 Å². The van der Waals surface area contributed by atoms with E-state index in [-0.39, 0.29) is 6.23 Å². The minimum absolute atomic E-state index is 0.0530. The summed E-state index contributed by atoms with van der Waals surface area (Å²) in [4.78, 5) is 1.59. The SMILES string of the molecule is Ic1cccc(-c2nnn(C3CCCCO3)n2)c1. The third-order valence-corrected chi connectivity index (χ3v) is 3.60. The smallest absolute Gasteiger partial charge is 0.205 e. The molecular formula is C12H13IN4O. The second-order valence-corrected chi connectivity index (χ2v) is 5.51. The number of hydrogen-bond donors (Lipinski definition) is 0. The van der Waals surface area contributed by atoms with E-state index in [0.29, 0.717) is 5.82 Å². The number of halogens is 1. The van der Waals surface area contributed by atoms with Crippen LogP contribution >= 0.6 is 22.6 Å². The monoisotopic (exact) mass is 356 g/mol. The predicted octanol–water partition coefficient (Wildman–Crippen LogP) is 2.64. The average molecular weight is 356 g/mol. The molecule has 1 aliphatic rings. The van der Waals surface area contributed by atoms with Gasteiger partial charge in [-0.3, -0.25) is 0 Å². The van der Waals surface area contributed by atoms with Crippen LogP contribution in [0.1, 0.15) is 25.5 Å². The van der Waals surface area contributed by atoms with Gasteiger partial charge in [0.05, 0.1) is 0 Å². The van der Waals surface area contributed by atoms with Crippen molar-refractivity contribution in [2.75, 3.05) is 6.61 Å². The van der Waals surface area contributed by atoms with Crippen molar-refractivity contribution in [3.05, 3.63) is 27.8 Å². The van der Waals surface area contributed by atoms with Gasteiger partial charge in [-0.1, -0.05) is 12.1 Å². The van der Waals surface area contributed by atoms with Crippen LogP contribution in [0.4, 0.5) is 0 Å². The molecule has 0 saturated carbocycles. The quantitative estimate of drug-likeness (QED) is 0.777. The molecule has 0 aliphatic carbocycles. The van der Waals surface area contributed by atoms with Gasteiger partial charge in [0.1, 0.15) is 0 Å². The van der Waals surface area contributed by atoms with Crippen molar-refractivity contribution >= 4 is 22.6 Å². The first kappa shape index (κ1) is 12.0. The maximum absolute atomic E-state index is 5.63. The van der Waals surface area contributed by atoms with Crippen LogP contribution in [0.25, 0.3) is 11.4 Å². The molecule has 0 amide bonds. The van der Waals surface area contributed by atoms with Gasteiger partial charge < -0.3 is 4.74 Å². The van der Waals surface area contributed by atoms with Crippen LogP contribution in [0.2, 0.25) is 0 Å². The molecule has 3 rings (SSSR count). The zero-order chi connectivity index (χ0) is 12.4. The summed E-state index contributed by atoms with van der Waals surface area (Å²) in [5.41, 5.74) is 0.990. The Morgan fingerprint density at radius 2 is 2.28 bits per heavy atom. The first-order valence-electron chi connectivity index (χ1n) is 6.00. The Bertz CT molecular complexity index is 536. The van der Waals surface area contributed by atoms with Crippen LogP contribution < -0.4 is 0 Å². The van der Waals surface area contributed by atoms with Crippen molar-refractivity contribution in [1.82, 2.24) is 20.2 Å². The fourth-order valence-corrected chi connectivity index (χ4v) is 2.54. The van der Waals surface area contributed by atoms with E-state index in [2.05, 4.69) is 38.0 Å². The van der Waals surface area contributed by atoms with E-state index >= 15 is 0 Å². The molecule has 94 valence electrons. The topological polar surface area (TPSA) is 52.8 Å². The van der Waals surface area contributed by atoms with Crippen molar-refractivity contribution in [1.29, 1.82) is 0 Å². The molecule has 5 nitrogen and oxygen atoms in total. The van der Waals surface area contributed by atoms with Gasteiger partial charge >= 0.3 is 0 Å². The van der Waals surface area contributed by atoms with Gasteiger partial charge in [-0.15, -0.1) is 15.0 Å². The number of tetrazole rings is 1. The summed E-state index contributed by atoms with van der Waals surface area (Å²) in [5.74, 6) is 0.655. The summed E-state index contributed by atoms with van der Waals surface area (Å²) in [5, 5.41) is 12.6. The summed E-state index contributed by atoms with van der Waals surface area (Å²) in [7, 11) is 0. The van der Waals surface area contributed by atoms with Crippen LogP contribution in [-0.4, -0.2) is 26.8 Å². The summed E-state index contributed by atoms with van der Waals surface area (Å²) >= 11 is 2.27. The first-order valence-corrected chi connectivity index (χ1v) is 7.08. The molecule has 6 heteroatoms. The van der Waals surface area contributed by atoms with Crippen LogP contribution in [-0.2, 0) is 4.74 Å². The highest BCUT2D eigenvalue weighted by molar-refractivity contribution is 14.1. The Kier molecular flexibility index (Phi) is 3.55. The average Bonchev–Trinajstić information content (AvgIpc) is 2.89. The molecule has 1 atom stereocenters. The largest absolute Gasteiger partial charge is 0.355 e. The highest BCUT2D eigenvalue weighted by atomic mass is 127. The zero-order valence-electron chi connectivity index (χ0n) is 9.79. The lowest BCUT2D eigenvalue weighted by Crippen LogP contribution is -2.20. The number of hydrogen-bond acceptors (Lipinski definition) is 4. The highest BCUT2D eigenvalue weighted by Gasteiger charge is 2.18. The van der Waals surface area contributed by atoms with Crippen LogP contribution in [0.5, 0.6) is 0 Å². The van der Waals surface area contributed by atoms with E-state index in [9.17, 15) is 0 Å². The minimum atomic E-state index is -0.0530. The Balaban J connectivity index is 1.84. The van der Waals surface area contributed by atoms with Gasteiger partial charge in [-0.25, -0.2) is 0 Å². The van der Waals surface area contributed by atoms with E-state index in [0.717, 1.165) is 35.0 Å². The van der Waals surface area contributed by atoms with Crippen LogP contribution in [0, 0.1) is 3.57 Å². The molecule has 1 aliphatic heterocycles. The molecule has 0 N–H and O–H groups in total. The van der Waals surface area contributed by atoms with E-state index in [1.807, 2.05) is 24.3 Å². The normalized spacial score (nSPS) is 19.9. The lowest BCUT2D eigenvalue weighted by molar-refractivity contribution is -0.0488. The second-order valence-electron chi connectivity index (χ2n) is 4.27. The highest BCUT2D eigenvalue weighted by Crippen LogP contribution is 2.22. The lowest BCUT2D eigenvalue weighted by atomic mass is 10.2. The van der Waals surface area contributed by atoms with Gasteiger partial charge in [0.2, 0.25) is 5.82 Å². The van der Waals surface area contributed by atoms with E-state index in [1.54, 1.807) is 4.80 Å². The van der Waals surface area contributed by atoms with E-state index < -0.39 is 0 Å². The number of aromatic nitrogens is 4. The van der Waals surface area contributed by atoms with Crippen LogP contribution in [0.15, 0.2) is 24.3 Å². The number of ether oxygens (including phenoxy) is 1. The maximum atomic E-state index is 5.63. The third-order valence-electron chi connectivity index (χ3n) is 2.92. The summed E-state index contributed by atoms with van der Waals surface area (Å²) < 4.78 is 6.80. The molecular weight excluding hydrogens is 343 g/mol. The van der Waals surface area contributed by atoms with Gasteiger partial charge in [-0.05, 0) is 59.2 Å². The van der Waals surface area contributed by atoms with Crippen molar-refractivity contribution in [2.24, 2.45) is 0 Å². The Morgan fingerprint density at radius 3 is 3.06 bits per heavy atom.